The molecular formula is C21H24FN4O2+. The number of ether oxygens (including phenoxy) is 1. The van der Waals surface area contributed by atoms with Crippen LogP contribution in [-0.4, -0.2) is 50.0 Å². The van der Waals surface area contributed by atoms with E-state index in [9.17, 15) is 9.18 Å². The smallest absolute Gasteiger partial charge is 0.270 e. The maximum absolute atomic E-state index is 13.3. The van der Waals surface area contributed by atoms with Crippen molar-refractivity contribution >= 4 is 5.91 Å². The minimum absolute atomic E-state index is 0.224. The first-order valence-corrected chi connectivity index (χ1v) is 9.05. The number of likely N-dealkylation sites (N-methyl/N-ethyl adjacent to an activating group) is 1. The van der Waals surface area contributed by atoms with Crippen LogP contribution in [0, 0.1) is 5.82 Å². The fourth-order valence-electron chi connectivity index (χ4n) is 2.74. The Balaban J connectivity index is 1.96. The van der Waals surface area contributed by atoms with Gasteiger partial charge in [-0.25, -0.2) is 9.07 Å². The second-order valence-electron chi connectivity index (χ2n) is 6.74. The summed E-state index contributed by atoms with van der Waals surface area (Å²) in [6, 6.07) is 15.1. The van der Waals surface area contributed by atoms with Gasteiger partial charge in [0.25, 0.3) is 5.91 Å². The molecule has 0 aliphatic rings. The molecule has 0 aliphatic carbocycles. The summed E-state index contributed by atoms with van der Waals surface area (Å²) in [6.07, 6.45) is 0. The van der Waals surface area contributed by atoms with E-state index in [1.54, 1.807) is 25.3 Å². The van der Waals surface area contributed by atoms with Crippen molar-refractivity contribution in [2.45, 2.75) is 0 Å². The van der Waals surface area contributed by atoms with E-state index in [2.05, 4.69) is 10.4 Å². The number of amides is 1. The van der Waals surface area contributed by atoms with Gasteiger partial charge in [-0.3, -0.25) is 4.79 Å². The molecular weight excluding hydrogens is 359 g/mol. The summed E-state index contributed by atoms with van der Waals surface area (Å²) < 4.78 is 20.0. The zero-order valence-electron chi connectivity index (χ0n) is 16.2. The molecule has 2 N–H and O–H groups in total. The molecule has 0 bridgehead atoms. The average molecular weight is 383 g/mol. The highest BCUT2D eigenvalue weighted by Gasteiger charge is 2.18. The van der Waals surface area contributed by atoms with Crippen molar-refractivity contribution in [2.24, 2.45) is 0 Å². The normalized spacial score (nSPS) is 10.9. The quantitative estimate of drug-likeness (QED) is 0.651. The van der Waals surface area contributed by atoms with Crippen molar-refractivity contribution in [3.63, 3.8) is 0 Å². The summed E-state index contributed by atoms with van der Waals surface area (Å²) in [7, 11) is 5.66. The van der Waals surface area contributed by atoms with Gasteiger partial charge in [-0.15, -0.1) is 0 Å². The Bertz CT molecular complexity index is 934. The van der Waals surface area contributed by atoms with Crippen LogP contribution in [0.2, 0.25) is 0 Å². The molecule has 1 aromatic heterocycles. The molecule has 6 nitrogen and oxygen atoms in total. The van der Waals surface area contributed by atoms with Gasteiger partial charge in [0.05, 0.1) is 45.7 Å². The number of halogens is 1. The Hall–Kier alpha value is -3.19. The van der Waals surface area contributed by atoms with Gasteiger partial charge in [-0.05, 0) is 54.6 Å². The third-order valence-corrected chi connectivity index (χ3v) is 4.31. The molecule has 0 unspecified atom stereocenters. The van der Waals surface area contributed by atoms with Gasteiger partial charge in [-0.1, -0.05) is 0 Å². The zero-order valence-corrected chi connectivity index (χ0v) is 16.2. The number of methoxy groups -OCH3 is 1. The Morgan fingerprint density at radius 1 is 1.14 bits per heavy atom. The molecule has 7 heteroatoms. The highest BCUT2D eigenvalue weighted by Crippen LogP contribution is 2.24. The third-order valence-electron chi connectivity index (χ3n) is 4.31. The van der Waals surface area contributed by atoms with E-state index in [0.717, 1.165) is 17.9 Å². The number of nitrogens with one attached hydrogen (secondary N) is 2. The molecule has 0 fully saturated rings. The van der Waals surface area contributed by atoms with E-state index in [1.165, 1.54) is 21.7 Å². The van der Waals surface area contributed by atoms with Crippen LogP contribution in [0.4, 0.5) is 4.39 Å². The van der Waals surface area contributed by atoms with Crippen molar-refractivity contribution < 1.29 is 18.8 Å². The summed E-state index contributed by atoms with van der Waals surface area (Å²) >= 11 is 0. The highest BCUT2D eigenvalue weighted by molar-refractivity contribution is 5.94. The molecule has 0 radical (unpaired) electrons. The van der Waals surface area contributed by atoms with Gasteiger partial charge in [0.15, 0.2) is 0 Å². The first kappa shape index (κ1) is 19.6. The number of aromatic nitrogens is 2. The summed E-state index contributed by atoms with van der Waals surface area (Å²) in [5, 5.41) is 7.51. The maximum atomic E-state index is 13.3. The first-order chi connectivity index (χ1) is 13.5. The molecule has 146 valence electrons. The SMILES string of the molecule is COc1ccc(-c2cc(C(=O)NCC[NH+](C)C)n(-c3ccc(F)cc3)n2)cc1. The standard InChI is InChI=1S/C21H23FN4O2/c1-25(2)13-12-23-21(27)20-14-19(15-4-10-18(28-3)11-5-15)24-26(20)17-8-6-16(22)7-9-17/h4-11,14H,12-13H2,1-3H3,(H,23,27)/p+1. The topological polar surface area (TPSA) is 60.6 Å². The van der Waals surface area contributed by atoms with E-state index in [1.807, 2.05) is 38.4 Å². The highest BCUT2D eigenvalue weighted by atomic mass is 19.1. The molecule has 3 rings (SSSR count). The van der Waals surface area contributed by atoms with Crippen molar-refractivity contribution in [1.82, 2.24) is 15.1 Å². The van der Waals surface area contributed by atoms with Crippen molar-refractivity contribution in [3.8, 4) is 22.7 Å². The lowest BCUT2D eigenvalue weighted by Crippen LogP contribution is -3.06. The van der Waals surface area contributed by atoms with E-state index in [-0.39, 0.29) is 11.7 Å². The number of quaternary nitrogens is 1. The van der Waals surface area contributed by atoms with Gasteiger partial charge in [0.2, 0.25) is 0 Å². The van der Waals surface area contributed by atoms with Crippen molar-refractivity contribution in [3.05, 3.63) is 66.1 Å². The van der Waals surface area contributed by atoms with Crippen LogP contribution in [-0.2, 0) is 0 Å². The zero-order chi connectivity index (χ0) is 20.1. The van der Waals surface area contributed by atoms with E-state index < -0.39 is 0 Å². The van der Waals surface area contributed by atoms with E-state index in [4.69, 9.17) is 4.74 Å². The predicted molar refractivity (Wildman–Crippen MR) is 106 cm³/mol. The molecule has 28 heavy (non-hydrogen) atoms. The van der Waals surface area contributed by atoms with Gasteiger partial charge in [0, 0.05) is 5.56 Å². The number of carbonyl (C=O) groups excluding carboxylic acids is 1. The summed E-state index contributed by atoms with van der Waals surface area (Å²) in [6.45, 7) is 1.36. The number of rotatable bonds is 7. The fourth-order valence-corrected chi connectivity index (χ4v) is 2.74. The third kappa shape index (κ3) is 4.55. The predicted octanol–water partition coefficient (Wildman–Crippen LogP) is 1.56. The Morgan fingerprint density at radius 3 is 2.43 bits per heavy atom. The van der Waals surface area contributed by atoms with Gasteiger partial charge in [-0.2, -0.15) is 5.10 Å². The van der Waals surface area contributed by atoms with Crippen LogP contribution in [0.25, 0.3) is 16.9 Å². The summed E-state index contributed by atoms with van der Waals surface area (Å²) in [5.41, 5.74) is 2.51. The van der Waals surface area contributed by atoms with Gasteiger partial charge in [0.1, 0.15) is 17.3 Å². The monoisotopic (exact) mass is 383 g/mol. The molecule has 0 saturated carbocycles. The van der Waals surface area contributed by atoms with Gasteiger partial charge >= 0.3 is 0 Å². The molecule has 0 aliphatic heterocycles. The van der Waals surface area contributed by atoms with Crippen molar-refractivity contribution in [2.75, 3.05) is 34.3 Å². The van der Waals surface area contributed by atoms with Crippen LogP contribution in [0.15, 0.2) is 54.6 Å². The molecule has 3 aromatic rings. The lowest BCUT2D eigenvalue weighted by molar-refractivity contribution is -0.856. The van der Waals surface area contributed by atoms with E-state index >= 15 is 0 Å². The van der Waals surface area contributed by atoms with Crippen LogP contribution in [0.1, 0.15) is 10.5 Å². The van der Waals surface area contributed by atoms with Crippen LogP contribution in [0.5, 0.6) is 5.75 Å². The number of benzene rings is 2. The minimum atomic E-state index is -0.341. The van der Waals surface area contributed by atoms with Crippen LogP contribution >= 0.6 is 0 Å². The number of carbonyl (C=O) groups is 1. The summed E-state index contributed by atoms with van der Waals surface area (Å²) in [5.74, 6) is 0.176. The van der Waals surface area contributed by atoms with E-state index in [0.29, 0.717) is 23.6 Å². The minimum Gasteiger partial charge on any atom is -0.497 e. The molecule has 2 aromatic carbocycles. The lowest BCUT2D eigenvalue weighted by Gasteiger charge is -2.10. The molecule has 0 atom stereocenters. The van der Waals surface area contributed by atoms with Gasteiger partial charge < -0.3 is 15.0 Å². The van der Waals surface area contributed by atoms with Crippen molar-refractivity contribution in [1.29, 1.82) is 0 Å². The Labute approximate surface area is 163 Å². The average Bonchev–Trinajstić information content (AvgIpc) is 3.14. The lowest BCUT2D eigenvalue weighted by atomic mass is 10.1. The second kappa shape index (κ2) is 8.67. The van der Waals surface area contributed by atoms with Crippen LogP contribution in [0.3, 0.4) is 0 Å². The first-order valence-electron chi connectivity index (χ1n) is 9.05. The molecule has 0 saturated heterocycles. The number of nitrogens with zero attached hydrogens (tertiary/aromatic N) is 2. The molecule has 1 heterocycles. The Morgan fingerprint density at radius 2 is 1.82 bits per heavy atom. The largest absolute Gasteiger partial charge is 0.497 e. The summed E-state index contributed by atoms with van der Waals surface area (Å²) in [4.78, 5) is 14.0. The second-order valence-corrected chi connectivity index (χ2v) is 6.74. The number of hydrogen-bond donors (Lipinski definition) is 2. The number of hydrogen-bond acceptors (Lipinski definition) is 3. The van der Waals surface area contributed by atoms with Crippen LogP contribution < -0.4 is 15.0 Å². The fraction of sp³-hybridized carbons (Fsp3) is 0.238. The maximum Gasteiger partial charge on any atom is 0.270 e. The molecule has 1 amide bonds. The molecule has 0 spiro atoms. The Kier molecular flexibility index (Phi) is 6.06.